The van der Waals surface area contributed by atoms with Gasteiger partial charge in [0.15, 0.2) is 0 Å². The Morgan fingerprint density at radius 1 is 1.13 bits per heavy atom. The fraction of sp³-hybridized carbons (Fsp3) is 0.455. The minimum absolute atomic E-state index is 0.0343. The average Bonchev–Trinajstić information content (AvgIpc) is 3.22. The molecule has 2 aromatic rings. The molecule has 1 saturated carbocycles. The number of carbonyl (C=O) groups is 2. The van der Waals surface area contributed by atoms with E-state index in [1.807, 2.05) is 0 Å². The molecule has 0 spiro atoms. The van der Waals surface area contributed by atoms with Gasteiger partial charge in [-0.25, -0.2) is 8.42 Å². The number of amides is 2. The number of rotatable bonds is 8. The molecule has 2 amide bonds. The van der Waals surface area contributed by atoms with E-state index in [2.05, 4.69) is 17.6 Å². The highest BCUT2D eigenvalue weighted by Gasteiger charge is 2.30. The fourth-order valence-electron chi connectivity index (χ4n) is 3.81. The predicted molar refractivity (Wildman–Crippen MR) is 117 cm³/mol. The zero-order chi connectivity index (χ0) is 22.4. The largest absolute Gasteiger partial charge is 0.468 e. The summed E-state index contributed by atoms with van der Waals surface area (Å²) in [6.45, 7) is 3.12. The lowest BCUT2D eigenvalue weighted by atomic mass is 9.86. The summed E-state index contributed by atoms with van der Waals surface area (Å²) >= 11 is 0. The molecule has 1 aromatic heterocycles. The topological polar surface area (TPSA) is 109 Å². The maximum atomic E-state index is 13.3. The lowest BCUT2D eigenvalue weighted by molar-refractivity contribution is -0.122. The first-order valence-electron chi connectivity index (χ1n) is 10.5. The molecule has 0 saturated heterocycles. The van der Waals surface area contributed by atoms with Gasteiger partial charge >= 0.3 is 0 Å². The van der Waals surface area contributed by atoms with E-state index in [1.54, 1.807) is 12.1 Å². The van der Waals surface area contributed by atoms with Gasteiger partial charge in [-0.3, -0.25) is 9.59 Å². The molecule has 1 heterocycles. The van der Waals surface area contributed by atoms with E-state index in [0.29, 0.717) is 17.4 Å². The summed E-state index contributed by atoms with van der Waals surface area (Å²) in [5.74, 6) is 0.235. The number of carbonyl (C=O) groups excluding carboxylic acids is 2. The van der Waals surface area contributed by atoms with Crippen LogP contribution in [0.2, 0.25) is 0 Å². The van der Waals surface area contributed by atoms with Crippen LogP contribution < -0.4 is 10.6 Å². The summed E-state index contributed by atoms with van der Waals surface area (Å²) in [6, 6.07) is 9.27. The Bertz CT molecular complexity index is 987. The van der Waals surface area contributed by atoms with Gasteiger partial charge < -0.3 is 15.1 Å². The van der Waals surface area contributed by atoms with Gasteiger partial charge in [0.05, 0.1) is 24.2 Å². The third kappa shape index (κ3) is 6.18. The molecule has 1 fully saturated rings. The number of furan rings is 1. The summed E-state index contributed by atoms with van der Waals surface area (Å²) in [5.41, 5.74) is 0.494. The zero-order valence-corrected chi connectivity index (χ0v) is 18.7. The molecule has 0 aliphatic heterocycles. The number of sulfonamides is 1. The number of nitrogens with one attached hydrogen (secondary N) is 2. The van der Waals surface area contributed by atoms with E-state index in [9.17, 15) is 18.0 Å². The number of hydrogen-bond acceptors (Lipinski definition) is 5. The highest BCUT2D eigenvalue weighted by molar-refractivity contribution is 7.89. The van der Waals surface area contributed by atoms with Crippen LogP contribution in [-0.2, 0) is 26.2 Å². The third-order valence-electron chi connectivity index (χ3n) is 5.50. The molecule has 1 aromatic carbocycles. The summed E-state index contributed by atoms with van der Waals surface area (Å²) in [4.78, 5) is 24.0. The van der Waals surface area contributed by atoms with Crippen LogP contribution in [-0.4, -0.2) is 37.1 Å². The van der Waals surface area contributed by atoms with E-state index in [1.165, 1.54) is 37.5 Å². The maximum absolute atomic E-state index is 13.3. The van der Waals surface area contributed by atoms with Crippen molar-refractivity contribution in [2.24, 2.45) is 5.92 Å². The lowest BCUT2D eigenvalue weighted by Crippen LogP contribution is -2.46. The number of nitrogens with zero attached hydrogens (tertiary/aromatic N) is 1. The Kier molecular flexibility index (Phi) is 7.50. The van der Waals surface area contributed by atoms with Crippen molar-refractivity contribution in [1.29, 1.82) is 0 Å². The molecule has 0 radical (unpaired) electrons. The Morgan fingerprint density at radius 2 is 1.84 bits per heavy atom. The second kappa shape index (κ2) is 10.1. The van der Waals surface area contributed by atoms with E-state index in [0.717, 1.165) is 30.0 Å². The van der Waals surface area contributed by atoms with E-state index < -0.39 is 10.0 Å². The van der Waals surface area contributed by atoms with Gasteiger partial charge in [-0.15, -0.1) is 0 Å². The molecule has 1 aliphatic rings. The minimum atomic E-state index is -3.97. The van der Waals surface area contributed by atoms with Crippen LogP contribution in [0.15, 0.2) is 52.0 Å². The lowest BCUT2D eigenvalue weighted by Gasteiger charge is -2.30. The molecule has 9 heteroatoms. The van der Waals surface area contributed by atoms with Crippen LogP contribution in [0, 0.1) is 5.92 Å². The van der Waals surface area contributed by atoms with Crippen molar-refractivity contribution in [2.75, 3.05) is 11.9 Å². The van der Waals surface area contributed by atoms with Crippen molar-refractivity contribution >= 4 is 27.5 Å². The van der Waals surface area contributed by atoms with E-state index in [-0.39, 0.29) is 35.8 Å². The first-order valence-corrected chi connectivity index (χ1v) is 11.9. The highest BCUT2D eigenvalue weighted by atomic mass is 32.2. The molecule has 31 heavy (non-hydrogen) atoms. The molecule has 0 bridgehead atoms. The number of benzene rings is 1. The van der Waals surface area contributed by atoms with Crippen LogP contribution in [0.1, 0.15) is 45.3 Å². The van der Waals surface area contributed by atoms with Gasteiger partial charge in [0.1, 0.15) is 5.76 Å². The van der Waals surface area contributed by atoms with Gasteiger partial charge in [-0.05, 0) is 55.2 Å². The first-order chi connectivity index (χ1) is 14.8. The highest BCUT2D eigenvalue weighted by Crippen LogP contribution is 2.24. The Morgan fingerprint density at radius 3 is 2.45 bits per heavy atom. The first kappa shape index (κ1) is 23.0. The summed E-state index contributed by atoms with van der Waals surface area (Å²) < 4.78 is 33.0. The molecule has 2 N–H and O–H groups in total. The monoisotopic (exact) mass is 447 g/mol. The summed E-state index contributed by atoms with van der Waals surface area (Å²) in [6.07, 6.45) is 5.64. The second-order valence-electron chi connectivity index (χ2n) is 7.99. The van der Waals surface area contributed by atoms with Crippen molar-refractivity contribution in [3.05, 3.63) is 48.4 Å². The number of hydrogen-bond donors (Lipinski definition) is 2. The van der Waals surface area contributed by atoms with Crippen LogP contribution >= 0.6 is 0 Å². The van der Waals surface area contributed by atoms with E-state index >= 15 is 0 Å². The van der Waals surface area contributed by atoms with E-state index in [4.69, 9.17) is 4.42 Å². The molecule has 168 valence electrons. The zero-order valence-electron chi connectivity index (χ0n) is 17.8. The molecule has 8 nitrogen and oxygen atoms in total. The molecular formula is C22H29N3O5S. The molecule has 3 rings (SSSR count). The summed E-state index contributed by atoms with van der Waals surface area (Å²) in [5, 5.41) is 5.61. The Labute approximate surface area is 183 Å². The molecule has 0 unspecified atom stereocenters. The van der Waals surface area contributed by atoms with Gasteiger partial charge in [0.2, 0.25) is 21.8 Å². The fourth-order valence-corrected chi connectivity index (χ4v) is 5.17. The minimum Gasteiger partial charge on any atom is -0.468 e. The molecule has 1 aliphatic carbocycles. The van der Waals surface area contributed by atoms with Crippen LogP contribution in [0.25, 0.3) is 0 Å². The van der Waals surface area contributed by atoms with Crippen molar-refractivity contribution in [2.45, 2.75) is 57.0 Å². The van der Waals surface area contributed by atoms with Crippen LogP contribution in [0.4, 0.5) is 5.69 Å². The SMILES string of the molecule is CC(=O)Nc1ccc(S(=O)(=O)N(CC(=O)N[C@@H]2CCCC[C@@H]2C)Cc2ccco2)cc1. The predicted octanol–water partition coefficient (Wildman–Crippen LogP) is 3.12. The van der Waals surface area contributed by atoms with Gasteiger partial charge in [-0.2, -0.15) is 4.31 Å². The van der Waals surface area contributed by atoms with Crippen LogP contribution in [0.5, 0.6) is 0 Å². The van der Waals surface area contributed by atoms with Gasteiger partial charge in [0, 0.05) is 18.7 Å². The molecule has 2 atom stereocenters. The van der Waals surface area contributed by atoms with Crippen molar-refractivity contribution in [3.8, 4) is 0 Å². The third-order valence-corrected chi connectivity index (χ3v) is 7.31. The second-order valence-corrected chi connectivity index (χ2v) is 9.93. The standard InChI is InChI=1S/C22H29N3O5S/c1-16-6-3-4-8-21(16)24-22(27)15-25(14-19-7-5-13-30-19)31(28,29)20-11-9-18(10-12-20)23-17(2)26/h5,7,9-13,16,21H,3-4,6,8,14-15H2,1-2H3,(H,23,26)(H,24,27)/t16-,21+/m0/s1. The van der Waals surface area contributed by atoms with Gasteiger partial charge in [0.25, 0.3) is 0 Å². The quantitative estimate of drug-likeness (QED) is 0.646. The normalized spacial score (nSPS) is 19.2. The number of anilines is 1. The van der Waals surface area contributed by atoms with Gasteiger partial charge in [-0.1, -0.05) is 19.8 Å². The van der Waals surface area contributed by atoms with Crippen molar-refractivity contribution in [3.63, 3.8) is 0 Å². The molecular weight excluding hydrogens is 418 g/mol. The Hall–Kier alpha value is -2.65. The van der Waals surface area contributed by atoms with Crippen molar-refractivity contribution < 1.29 is 22.4 Å². The van der Waals surface area contributed by atoms with Crippen molar-refractivity contribution in [1.82, 2.24) is 9.62 Å². The smallest absolute Gasteiger partial charge is 0.243 e. The maximum Gasteiger partial charge on any atom is 0.243 e. The summed E-state index contributed by atoms with van der Waals surface area (Å²) in [7, 11) is -3.97. The van der Waals surface area contributed by atoms with Crippen LogP contribution in [0.3, 0.4) is 0 Å². The Balaban J connectivity index is 1.78. The average molecular weight is 448 g/mol.